The van der Waals surface area contributed by atoms with E-state index in [-0.39, 0.29) is 11.6 Å². The van der Waals surface area contributed by atoms with Crippen LogP contribution in [0.1, 0.15) is 35.5 Å². The van der Waals surface area contributed by atoms with Gasteiger partial charge in [0.15, 0.2) is 5.82 Å². The van der Waals surface area contributed by atoms with Crippen molar-refractivity contribution in [2.24, 2.45) is 0 Å². The first-order valence-corrected chi connectivity index (χ1v) is 11.4. The number of halogens is 1. The molecule has 2 aromatic heterocycles. The topological polar surface area (TPSA) is 117 Å². The van der Waals surface area contributed by atoms with Gasteiger partial charge in [-0.2, -0.15) is 5.10 Å². The Hall–Kier alpha value is -4.15. The highest BCUT2D eigenvalue weighted by Gasteiger charge is 2.45. The molecule has 0 aliphatic carbocycles. The van der Waals surface area contributed by atoms with Gasteiger partial charge in [-0.25, -0.2) is 9.18 Å². The molecule has 0 radical (unpaired) electrons. The molecule has 0 atom stereocenters. The monoisotopic (exact) mass is 479 g/mol. The number of hydrogen-bond acceptors (Lipinski definition) is 5. The number of nitrogens with one attached hydrogen (secondary N) is 3. The molecule has 1 aromatic carbocycles. The van der Waals surface area contributed by atoms with Crippen molar-refractivity contribution in [3.05, 3.63) is 75.5 Å². The number of aromatic nitrogens is 3. The van der Waals surface area contributed by atoms with Crippen LogP contribution < -0.4 is 15.8 Å². The van der Waals surface area contributed by atoms with Gasteiger partial charge >= 0.3 is 6.03 Å². The lowest BCUT2D eigenvalue weighted by atomic mass is 10.0. The summed E-state index contributed by atoms with van der Waals surface area (Å²) in [5.41, 5.74) is 1.02. The molecular formula is C24H26FN7O3. The van der Waals surface area contributed by atoms with Gasteiger partial charge in [0.2, 0.25) is 5.56 Å². The molecule has 10 nitrogen and oxygen atoms in total. The summed E-state index contributed by atoms with van der Waals surface area (Å²) in [5, 5.41) is 10.0. The van der Waals surface area contributed by atoms with Crippen molar-refractivity contribution in [1.82, 2.24) is 25.0 Å². The van der Waals surface area contributed by atoms with Crippen LogP contribution in [0.4, 0.5) is 20.8 Å². The summed E-state index contributed by atoms with van der Waals surface area (Å²) in [6, 6.07) is 10.2. The highest BCUT2D eigenvalue weighted by atomic mass is 19.1. The van der Waals surface area contributed by atoms with Crippen LogP contribution in [0.5, 0.6) is 0 Å². The van der Waals surface area contributed by atoms with Crippen LogP contribution in [-0.2, 0) is 12.1 Å². The van der Waals surface area contributed by atoms with Crippen LogP contribution in [0.3, 0.4) is 0 Å². The molecule has 1 fully saturated rings. The number of amides is 3. The number of carbonyl (C=O) groups excluding carboxylic acids is 2. The molecule has 2 aliphatic rings. The molecule has 3 aromatic rings. The Labute approximate surface area is 200 Å². The van der Waals surface area contributed by atoms with Crippen LogP contribution in [0.2, 0.25) is 0 Å². The number of benzene rings is 1. The second-order valence-electron chi connectivity index (χ2n) is 9.19. The van der Waals surface area contributed by atoms with E-state index in [1.54, 1.807) is 15.9 Å². The third-order valence-corrected chi connectivity index (χ3v) is 6.68. The lowest BCUT2D eigenvalue weighted by molar-refractivity contribution is 0.102. The summed E-state index contributed by atoms with van der Waals surface area (Å²) < 4.78 is 13.2. The SMILES string of the molecule is CC1(C)c2[nH]nc(NC(=O)c3ccc(F)cc3)c2CN1C(=O)N1CCN(c2cccc(=O)[nH]2)CC1. The number of anilines is 2. The average Bonchev–Trinajstić information content (AvgIpc) is 3.37. The summed E-state index contributed by atoms with van der Waals surface area (Å²) in [6.45, 7) is 6.41. The minimum absolute atomic E-state index is 0.100. The highest BCUT2D eigenvalue weighted by Crippen LogP contribution is 2.41. The number of pyridine rings is 1. The number of fused-ring (bicyclic) bond motifs is 1. The van der Waals surface area contributed by atoms with Crippen LogP contribution in [-0.4, -0.2) is 63.1 Å². The molecule has 35 heavy (non-hydrogen) atoms. The third kappa shape index (κ3) is 4.13. The number of H-pyrrole nitrogens is 2. The summed E-state index contributed by atoms with van der Waals surface area (Å²) >= 11 is 0. The highest BCUT2D eigenvalue weighted by molar-refractivity contribution is 6.04. The number of piperazine rings is 1. The number of rotatable bonds is 3. The van der Waals surface area contributed by atoms with E-state index in [1.807, 2.05) is 19.9 Å². The van der Waals surface area contributed by atoms with Gasteiger partial charge in [-0.15, -0.1) is 0 Å². The van der Waals surface area contributed by atoms with E-state index >= 15 is 0 Å². The number of carbonyl (C=O) groups is 2. The maximum atomic E-state index is 13.5. The Morgan fingerprint density at radius 2 is 1.77 bits per heavy atom. The molecule has 3 amide bonds. The van der Waals surface area contributed by atoms with Gasteiger partial charge in [-0.1, -0.05) is 6.07 Å². The molecule has 0 spiro atoms. The summed E-state index contributed by atoms with van der Waals surface area (Å²) in [4.78, 5) is 46.2. The second-order valence-corrected chi connectivity index (χ2v) is 9.19. The van der Waals surface area contributed by atoms with Gasteiger partial charge in [0.05, 0.1) is 17.8 Å². The second kappa shape index (κ2) is 8.57. The van der Waals surface area contributed by atoms with Crippen molar-refractivity contribution >= 4 is 23.6 Å². The van der Waals surface area contributed by atoms with Gasteiger partial charge < -0.3 is 25.0 Å². The summed E-state index contributed by atoms with van der Waals surface area (Å²) in [5.74, 6) is 0.275. The van der Waals surface area contributed by atoms with E-state index in [1.165, 1.54) is 30.3 Å². The Morgan fingerprint density at radius 3 is 2.46 bits per heavy atom. The molecule has 3 N–H and O–H groups in total. The standard InChI is InChI=1S/C24H26FN7O3/c1-24(2)20-17(21(29-28-20)27-22(34)15-6-8-16(25)9-7-15)14-32(24)23(35)31-12-10-30(11-13-31)18-4-3-5-19(33)26-18/h3-9H,10-14H2,1-2H3,(H,26,33)(H2,27,28,29,34). The first-order valence-electron chi connectivity index (χ1n) is 11.4. The first kappa shape index (κ1) is 22.6. The lowest BCUT2D eigenvalue weighted by Crippen LogP contribution is -2.55. The first-order chi connectivity index (χ1) is 16.7. The van der Waals surface area contributed by atoms with Crippen LogP contribution in [0, 0.1) is 5.82 Å². The van der Waals surface area contributed by atoms with Gasteiger partial charge in [0, 0.05) is 43.4 Å². The van der Waals surface area contributed by atoms with Crippen molar-refractivity contribution in [3.8, 4) is 0 Å². The normalized spacial score (nSPS) is 16.8. The Bertz CT molecular complexity index is 1320. The van der Waals surface area contributed by atoms with Gasteiger partial charge in [-0.3, -0.25) is 14.7 Å². The molecule has 4 heterocycles. The maximum Gasteiger partial charge on any atom is 0.321 e. The average molecular weight is 480 g/mol. The molecule has 0 bridgehead atoms. The van der Waals surface area contributed by atoms with E-state index < -0.39 is 17.3 Å². The molecular weight excluding hydrogens is 453 g/mol. The lowest BCUT2D eigenvalue weighted by Gasteiger charge is -2.40. The van der Waals surface area contributed by atoms with Crippen LogP contribution in [0.25, 0.3) is 0 Å². The fraction of sp³-hybridized carbons (Fsp3) is 0.333. The van der Waals surface area contributed by atoms with Crippen molar-refractivity contribution in [3.63, 3.8) is 0 Å². The Balaban J connectivity index is 1.27. The van der Waals surface area contributed by atoms with E-state index in [9.17, 15) is 18.8 Å². The minimum atomic E-state index is -0.653. The molecule has 1 saturated heterocycles. The zero-order chi connectivity index (χ0) is 24.7. The largest absolute Gasteiger partial charge is 0.355 e. The predicted octanol–water partition coefficient (Wildman–Crippen LogP) is 2.48. The van der Waals surface area contributed by atoms with E-state index in [4.69, 9.17) is 0 Å². The Morgan fingerprint density at radius 1 is 1.06 bits per heavy atom. The van der Waals surface area contributed by atoms with Crippen molar-refractivity contribution in [2.45, 2.75) is 25.9 Å². The third-order valence-electron chi connectivity index (χ3n) is 6.68. The molecule has 0 unspecified atom stereocenters. The van der Waals surface area contributed by atoms with Crippen LogP contribution in [0.15, 0.2) is 47.3 Å². The van der Waals surface area contributed by atoms with Crippen molar-refractivity contribution in [2.75, 3.05) is 36.4 Å². The Kier molecular flexibility index (Phi) is 5.54. The van der Waals surface area contributed by atoms with Gasteiger partial charge in [0.25, 0.3) is 5.91 Å². The number of nitrogens with zero attached hydrogens (tertiary/aromatic N) is 4. The predicted molar refractivity (Wildman–Crippen MR) is 128 cm³/mol. The smallest absolute Gasteiger partial charge is 0.321 e. The quantitative estimate of drug-likeness (QED) is 0.534. The van der Waals surface area contributed by atoms with Gasteiger partial charge in [-0.05, 0) is 44.2 Å². The van der Waals surface area contributed by atoms with Crippen molar-refractivity contribution < 1.29 is 14.0 Å². The van der Waals surface area contributed by atoms with E-state index in [0.717, 1.165) is 17.1 Å². The zero-order valence-corrected chi connectivity index (χ0v) is 19.5. The molecule has 11 heteroatoms. The molecule has 5 rings (SSSR count). The minimum Gasteiger partial charge on any atom is -0.355 e. The van der Waals surface area contributed by atoms with Crippen LogP contribution >= 0.6 is 0 Å². The maximum absolute atomic E-state index is 13.5. The number of aromatic amines is 2. The fourth-order valence-corrected chi connectivity index (χ4v) is 4.64. The van der Waals surface area contributed by atoms with Crippen molar-refractivity contribution in [1.29, 1.82) is 0 Å². The molecule has 182 valence electrons. The number of urea groups is 1. The zero-order valence-electron chi connectivity index (χ0n) is 19.5. The fourth-order valence-electron chi connectivity index (χ4n) is 4.64. The molecule has 2 aliphatic heterocycles. The summed E-state index contributed by atoms with van der Waals surface area (Å²) in [6.07, 6.45) is 0. The number of hydrogen-bond donors (Lipinski definition) is 3. The van der Waals surface area contributed by atoms with Gasteiger partial charge in [0.1, 0.15) is 11.6 Å². The van der Waals surface area contributed by atoms with E-state index in [2.05, 4.69) is 25.4 Å². The summed E-state index contributed by atoms with van der Waals surface area (Å²) in [7, 11) is 0. The van der Waals surface area contributed by atoms with E-state index in [0.29, 0.717) is 44.1 Å². The molecule has 0 saturated carbocycles.